The molecule has 1 amide bonds. The number of thioether (sulfide) groups is 1. The number of rotatable bonds is 5. The zero-order valence-corrected chi connectivity index (χ0v) is 15.7. The third-order valence-corrected chi connectivity index (χ3v) is 4.73. The number of nitrogens with zero attached hydrogens (tertiary/aromatic N) is 4. The molecule has 1 atom stereocenters. The molecule has 3 rings (SSSR count). The summed E-state index contributed by atoms with van der Waals surface area (Å²) in [6, 6.07) is 9.28. The molecule has 8 heteroatoms. The SMILES string of the molecule is Cc1cc(C)n2nc(SCC(=O)N[C@H](C)c3cccc(Cl)c3)nc2n1. The van der Waals surface area contributed by atoms with Gasteiger partial charge >= 0.3 is 0 Å². The van der Waals surface area contributed by atoms with Gasteiger partial charge < -0.3 is 5.32 Å². The molecule has 0 spiro atoms. The Bertz CT molecular complexity index is 927. The number of hydrogen-bond donors (Lipinski definition) is 1. The van der Waals surface area contributed by atoms with Gasteiger partial charge in [0.15, 0.2) is 0 Å². The van der Waals surface area contributed by atoms with E-state index in [1.807, 2.05) is 51.1 Å². The molecule has 0 fully saturated rings. The lowest BCUT2D eigenvalue weighted by molar-refractivity contribution is -0.119. The molecule has 0 saturated heterocycles. The number of aromatic nitrogens is 4. The lowest BCUT2D eigenvalue weighted by atomic mass is 10.1. The third kappa shape index (κ3) is 4.29. The zero-order chi connectivity index (χ0) is 18.0. The molecule has 0 saturated carbocycles. The second kappa shape index (κ2) is 7.41. The topological polar surface area (TPSA) is 72.2 Å². The van der Waals surface area contributed by atoms with Crippen molar-refractivity contribution in [2.75, 3.05) is 5.75 Å². The molecule has 2 aromatic heterocycles. The van der Waals surface area contributed by atoms with Crippen molar-refractivity contribution in [1.29, 1.82) is 0 Å². The molecule has 6 nitrogen and oxygen atoms in total. The monoisotopic (exact) mass is 375 g/mol. The molecule has 0 aliphatic rings. The molecule has 0 aliphatic carbocycles. The van der Waals surface area contributed by atoms with Crippen molar-refractivity contribution in [2.45, 2.75) is 32.0 Å². The Balaban J connectivity index is 1.61. The van der Waals surface area contributed by atoms with Crippen LogP contribution in [0.4, 0.5) is 0 Å². The molecule has 0 aliphatic heterocycles. The van der Waals surface area contributed by atoms with Crippen molar-refractivity contribution in [3.8, 4) is 0 Å². The second-order valence-electron chi connectivity index (χ2n) is 5.78. The van der Waals surface area contributed by atoms with Gasteiger partial charge in [0.2, 0.25) is 11.1 Å². The fraction of sp³-hybridized carbons (Fsp3) is 0.294. The van der Waals surface area contributed by atoms with Crippen LogP contribution in [0.5, 0.6) is 0 Å². The second-order valence-corrected chi connectivity index (χ2v) is 7.16. The first-order valence-electron chi connectivity index (χ1n) is 7.81. The maximum Gasteiger partial charge on any atom is 0.253 e. The summed E-state index contributed by atoms with van der Waals surface area (Å²) in [5.41, 5.74) is 2.81. The van der Waals surface area contributed by atoms with Crippen LogP contribution in [0.1, 0.15) is 29.9 Å². The van der Waals surface area contributed by atoms with Crippen LogP contribution < -0.4 is 5.32 Å². The minimum Gasteiger partial charge on any atom is -0.349 e. The molecule has 3 aromatic rings. The van der Waals surface area contributed by atoms with E-state index in [-0.39, 0.29) is 17.7 Å². The standard InChI is InChI=1S/C17H18ClN5OS/c1-10-7-11(2)23-16(19-10)21-17(22-23)25-9-15(24)20-12(3)13-5-4-6-14(18)8-13/h4-8,12H,9H2,1-3H3,(H,20,24)/t12-/m1/s1. The Labute approximate surface area is 155 Å². The van der Waals surface area contributed by atoms with Crippen LogP contribution in [0.2, 0.25) is 5.02 Å². The highest BCUT2D eigenvalue weighted by molar-refractivity contribution is 7.99. The first-order chi connectivity index (χ1) is 11.9. The number of halogens is 1. The van der Waals surface area contributed by atoms with Gasteiger partial charge in [-0.2, -0.15) is 4.98 Å². The predicted octanol–water partition coefficient (Wildman–Crippen LogP) is 3.36. The first kappa shape index (κ1) is 17.7. The summed E-state index contributed by atoms with van der Waals surface area (Å²) in [7, 11) is 0. The highest BCUT2D eigenvalue weighted by Crippen LogP contribution is 2.19. The summed E-state index contributed by atoms with van der Waals surface area (Å²) in [6.45, 7) is 5.79. The van der Waals surface area contributed by atoms with E-state index in [1.165, 1.54) is 11.8 Å². The Morgan fingerprint density at radius 1 is 1.32 bits per heavy atom. The van der Waals surface area contributed by atoms with Crippen LogP contribution in [0.25, 0.3) is 5.78 Å². The number of carbonyl (C=O) groups excluding carboxylic acids is 1. The number of benzene rings is 1. The minimum absolute atomic E-state index is 0.0859. The molecule has 0 bridgehead atoms. The largest absolute Gasteiger partial charge is 0.349 e. The smallest absolute Gasteiger partial charge is 0.253 e. The van der Waals surface area contributed by atoms with Crippen molar-refractivity contribution >= 4 is 35.0 Å². The lowest BCUT2D eigenvalue weighted by Crippen LogP contribution is -2.28. The van der Waals surface area contributed by atoms with Crippen molar-refractivity contribution in [2.24, 2.45) is 0 Å². The van der Waals surface area contributed by atoms with Crippen molar-refractivity contribution in [3.63, 3.8) is 0 Å². The van der Waals surface area contributed by atoms with E-state index in [0.717, 1.165) is 17.0 Å². The van der Waals surface area contributed by atoms with E-state index >= 15 is 0 Å². The van der Waals surface area contributed by atoms with Gasteiger partial charge in [0.1, 0.15) is 0 Å². The van der Waals surface area contributed by atoms with Crippen molar-refractivity contribution < 1.29 is 4.79 Å². The number of nitrogens with one attached hydrogen (secondary N) is 1. The molecule has 1 N–H and O–H groups in total. The van der Waals surface area contributed by atoms with Crippen molar-refractivity contribution in [1.82, 2.24) is 24.9 Å². The van der Waals surface area contributed by atoms with Crippen LogP contribution in [0, 0.1) is 13.8 Å². The maximum absolute atomic E-state index is 12.2. The normalized spacial score (nSPS) is 12.3. The number of fused-ring (bicyclic) bond motifs is 1. The van der Waals surface area contributed by atoms with E-state index in [0.29, 0.717) is 16.0 Å². The summed E-state index contributed by atoms with van der Waals surface area (Å²) < 4.78 is 1.68. The Kier molecular flexibility index (Phi) is 5.24. The fourth-order valence-electron chi connectivity index (χ4n) is 2.48. The molecule has 130 valence electrons. The molecule has 2 heterocycles. The van der Waals surface area contributed by atoms with Crippen LogP contribution in [-0.2, 0) is 4.79 Å². The molecular weight excluding hydrogens is 358 g/mol. The third-order valence-electron chi connectivity index (χ3n) is 3.66. The average Bonchev–Trinajstić information content (AvgIpc) is 2.96. The quantitative estimate of drug-likeness (QED) is 0.692. The van der Waals surface area contributed by atoms with Gasteiger partial charge in [0, 0.05) is 16.4 Å². The number of amides is 1. The molecule has 25 heavy (non-hydrogen) atoms. The lowest BCUT2D eigenvalue weighted by Gasteiger charge is -2.14. The van der Waals surface area contributed by atoms with Crippen LogP contribution in [-0.4, -0.2) is 31.2 Å². The van der Waals surface area contributed by atoms with Crippen LogP contribution >= 0.6 is 23.4 Å². The summed E-state index contributed by atoms with van der Waals surface area (Å²) >= 11 is 7.28. The van der Waals surface area contributed by atoms with Gasteiger partial charge in [-0.25, -0.2) is 9.50 Å². The van der Waals surface area contributed by atoms with Gasteiger partial charge in [-0.3, -0.25) is 4.79 Å². The summed E-state index contributed by atoms with van der Waals surface area (Å²) in [6.07, 6.45) is 0. The summed E-state index contributed by atoms with van der Waals surface area (Å²) in [4.78, 5) is 20.9. The van der Waals surface area contributed by atoms with E-state index in [1.54, 1.807) is 4.52 Å². The Morgan fingerprint density at radius 3 is 2.88 bits per heavy atom. The number of hydrogen-bond acceptors (Lipinski definition) is 5. The minimum atomic E-state index is -0.118. The van der Waals surface area contributed by atoms with E-state index in [9.17, 15) is 4.79 Å². The van der Waals surface area contributed by atoms with E-state index in [4.69, 9.17) is 11.6 Å². The maximum atomic E-state index is 12.2. The van der Waals surface area contributed by atoms with Gasteiger partial charge in [-0.1, -0.05) is 35.5 Å². The van der Waals surface area contributed by atoms with Gasteiger partial charge in [0.05, 0.1) is 11.8 Å². The van der Waals surface area contributed by atoms with E-state index < -0.39 is 0 Å². The highest BCUT2D eigenvalue weighted by atomic mass is 35.5. The van der Waals surface area contributed by atoms with E-state index in [2.05, 4.69) is 20.4 Å². The van der Waals surface area contributed by atoms with Gasteiger partial charge in [-0.05, 0) is 44.5 Å². The van der Waals surface area contributed by atoms with Crippen LogP contribution in [0.15, 0.2) is 35.5 Å². The predicted molar refractivity (Wildman–Crippen MR) is 99.0 cm³/mol. The summed E-state index contributed by atoms with van der Waals surface area (Å²) in [5.74, 6) is 0.699. The van der Waals surface area contributed by atoms with Crippen LogP contribution in [0.3, 0.4) is 0 Å². The van der Waals surface area contributed by atoms with Crippen molar-refractivity contribution in [3.05, 3.63) is 52.3 Å². The number of carbonyl (C=O) groups is 1. The zero-order valence-electron chi connectivity index (χ0n) is 14.2. The summed E-state index contributed by atoms with van der Waals surface area (Å²) in [5, 5.41) is 8.52. The average molecular weight is 376 g/mol. The molecular formula is C17H18ClN5OS. The molecule has 1 aromatic carbocycles. The first-order valence-corrected chi connectivity index (χ1v) is 9.17. The highest BCUT2D eigenvalue weighted by Gasteiger charge is 2.13. The molecule has 0 unspecified atom stereocenters. The number of aryl methyl sites for hydroxylation is 2. The Morgan fingerprint density at radius 2 is 2.12 bits per heavy atom. The Hall–Kier alpha value is -2.12. The fourth-order valence-corrected chi connectivity index (χ4v) is 3.31. The van der Waals surface area contributed by atoms with Gasteiger partial charge in [-0.15, -0.1) is 5.10 Å². The molecule has 0 radical (unpaired) electrons. The van der Waals surface area contributed by atoms with Gasteiger partial charge in [0.25, 0.3) is 5.78 Å².